The van der Waals surface area contributed by atoms with Crippen molar-refractivity contribution in [3.63, 3.8) is 0 Å². The van der Waals surface area contributed by atoms with Crippen LogP contribution in [0.4, 0.5) is 5.69 Å². The highest BCUT2D eigenvalue weighted by Gasteiger charge is 2.10. The maximum atomic E-state index is 12.0. The van der Waals surface area contributed by atoms with Crippen molar-refractivity contribution in [2.75, 3.05) is 5.32 Å². The second-order valence-electron chi connectivity index (χ2n) is 4.76. The summed E-state index contributed by atoms with van der Waals surface area (Å²) in [7, 11) is 0. The second-order valence-corrected chi connectivity index (χ2v) is 4.76. The largest absolute Gasteiger partial charge is 0.456 e. The number of aldehydes is 1. The summed E-state index contributed by atoms with van der Waals surface area (Å²) in [5.74, 6) is 1.52. The lowest BCUT2D eigenvalue weighted by atomic mass is 10.1. The molecule has 1 amide bonds. The molecule has 0 fully saturated rings. The number of rotatable bonds is 4. The molecule has 0 spiro atoms. The third-order valence-electron chi connectivity index (χ3n) is 3.13. The van der Waals surface area contributed by atoms with E-state index in [-0.39, 0.29) is 17.4 Å². The van der Waals surface area contributed by atoms with Crippen LogP contribution in [0.25, 0.3) is 11.3 Å². The zero-order valence-corrected chi connectivity index (χ0v) is 11.8. The van der Waals surface area contributed by atoms with Crippen LogP contribution < -0.4 is 5.32 Å². The molecule has 0 radical (unpaired) electrons. The summed E-state index contributed by atoms with van der Waals surface area (Å²) in [5.41, 5.74) is 1.46. The van der Waals surface area contributed by atoms with Crippen molar-refractivity contribution in [3.8, 4) is 11.3 Å². The summed E-state index contributed by atoms with van der Waals surface area (Å²) in [5, 5.41) is 2.75. The highest BCUT2D eigenvalue weighted by molar-refractivity contribution is 6.02. The van der Waals surface area contributed by atoms with Gasteiger partial charge in [0.2, 0.25) is 0 Å². The van der Waals surface area contributed by atoms with E-state index >= 15 is 0 Å². The number of nitrogens with one attached hydrogen (secondary N) is 1. The van der Waals surface area contributed by atoms with Crippen molar-refractivity contribution in [1.82, 2.24) is 0 Å². The molecule has 0 aliphatic heterocycles. The second kappa shape index (κ2) is 5.73. The van der Waals surface area contributed by atoms with Crippen LogP contribution in [0.15, 0.2) is 57.4 Å². The Morgan fingerprint density at radius 3 is 2.36 bits per heavy atom. The normalized spacial score (nSPS) is 10.4. The van der Waals surface area contributed by atoms with Crippen molar-refractivity contribution < 1.29 is 18.4 Å². The van der Waals surface area contributed by atoms with Gasteiger partial charge in [0.1, 0.15) is 11.5 Å². The van der Waals surface area contributed by atoms with E-state index < -0.39 is 0 Å². The maximum absolute atomic E-state index is 12.0. The third-order valence-corrected chi connectivity index (χ3v) is 3.13. The van der Waals surface area contributed by atoms with Gasteiger partial charge in [0.05, 0.1) is 0 Å². The number of hydrogen-bond donors (Lipinski definition) is 1. The summed E-state index contributed by atoms with van der Waals surface area (Å²) in [6.45, 7) is 1.78. The Kier molecular flexibility index (Phi) is 3.62. The predicted molar refractivity (Wildman–Crippen MR) is 80.9 cm³/mol. The summed E-state index contributed by atoms with van der Waals surface area (Å²) in [4.78, 5) is 22.6. The molecule has 2 aromatic heterocycles. The molecule has 0 unspecified atom stereocenters. The predicted octanol–water partition coefficient (Wildman–Crippen LogP) is 3.91. The van der Waals surface area contributed by atoms with Gasteiger partial charge >= 0.3 is 0 Å². The Morgan fingerprint density at radius 2 is 1.77 bits per heavy atom. The van der Waals surface area contributed by atoms with E-state index in [1.54, 1.807) is 55.5 Å². The van der Waals surface area contributed by atoms with Crippen LogP contribution >= 0.6 is 0 Å². The zero-order chi connectivity index (χ0) is 15.5. The van der Waals surface area contributed by atoms with Gasteiger partial charge in [-0.2, -0.15) is 0 Å². The van der Waals surface area contributed by atoms with Crippen LogP contribution in [-0.2, 0) is 0 Å². The Morgan fingerprint density at radius 1 is 1.00 bits per heavy atom. The fourth-order valence-corrected chi connectivity index (χ4v) is 2.04. The van der Waals surface area contributed by atoms with Gasteiger partial charge in [-0.25, -0.2) is 0 Å². The van der Waals surface area contributed by atoms with Crippen molar-refractivity contribution in [3.05, 3.63) is 65.8 Å². The molecule has 5 heteroatoms. The first-order chi connectivity index (χ1) is 10.7. The zero-order valence-electron chi connectivity index (χ0n) is 11.8. The Hall–Kier alpha value is -3.08. The van der Waals surface area contributed by atoms with Crippen molar-refractivity contribution in [2.24, 2.45) is 0 Å². The van der Waals surface area contributed by atoms with Gasteiger partial charge < -0.3 is 14.2 Å². The molecule has 0 atom stereocenters. The van der Waals surface area contributed by atoms with Gasteiger partial charge in [0.25, 0.3) is 5.91 Å². The standard InChI is InChI=1S/C17H13NO4/c1-11-2-8-16(21-11)17(20)18-13-5-3-12(4-6-13)15-9-7-14(10-19)22-15/h2-10H,1H3,(H,18,20). The molecule has 0 aliphatic carbocycles. The molecule has 3 aromatic rings. The fraction of sp³-hybridized carbons (Fsp3) is 0.0588. The minimum atomic E-state index is -0.304. The third kappa shape index (κ3) is 2.83. The number of aryl methyl sites for hydroxylation is 1. The van der Waals surface area contributed by atoms with Gasteiger partial charge in [0.15, 0.2) is 17.8 Å². The van der Waals surface area contributed by atoms with Gasteiger partial charge in [0, 0.05) is 11.3 Å². The summed E-state index contributed by atoms with van der Waals surface area (Å²) in [6, 6.07) is 13.8. The SMILES string of the molecule is Cc1ccc(C(=O)Nc2ccc(-c3ccc(C=O)o3)cc2)o1. The van der Waals surface area contributed by atoms with Crippen molar-refractivity contribution in [1.29, 1.82) is 0 Å². The lowest BCUT2D eigenvalue weighted by molar-refractivity contribution is 0.0995. The summed E-state index contributed by atoms with van der Waals surface area (Å²) in [6.07, 6.45) is 0.656. The Balaban J connectivity index is 1.74. The van der Waals surface area contributed by atoms with Crippen LogP contribution in [0.2, 0.25) is 0 Å². The molecular weight excluding hydrogens is 282 g/mol. The van der Waals surface area contributed by atoms with Crippen molar-refractivity contribution in [2.45, 2.75) is 6.92 Å². The first-order valence-corrected chi connectivity index (χ1v) is 6.69. The number of furan rings is 2. The molecule has 5 nitrogen and oxygen atoms in total. The van der Waals surface area contributed by atoms with Gasteiger partial charge in [-0.15, -0.1) is 0 Å². The minimum Gasteiger partial charge on any atom is -0.456 e. The molecular formula is C17H13NO4. The molecule has 110 valence electrons. The highest BCUT2D eigenvalue weighted by Crippen LogP contribution is 2.23. The molecule has 0 aliphatic rings. The smallest absolute Gasteiger partial charge is 0.291 e. The maximum Gasteiger partial charge on any atom is 0.291 e. The number of anilines is 1. The lowest BCUT2D eigenvalue weighted by Crippen LogP contribution is -2.10. The van der Waals surface area contributed by atoms with Crippen molar-refractivity contribution >= 4 is 17.9 Å². The minimum absolute atomic E-state index is 0.267. The first-order valence-electron chi connectivity index (χ1n) is 6.69. The molecule has 1 N–H and O–H groups in total. The molecule has 3 rings (SSSR count). The van der Waals surface area contributed by atoms with Crippen LogP contribution in [-0.4, -0.2) is 12.2 Å². The first kappa shape index (κ1) is 13.9. The van der Waals surface area contributed by atoms with E-state index in [1.165, 1.54) is 0 Å². The lowest BCUT2D eigenvalue weighted by Gasteiger charge is -2.04. The van der Waals surface area contributed by atoms with Crippen LogP contribution in [0, 0.1) is 6.92 Å². The Bertz CT molecular complexity index is 811. The quantitative estimate of drug-likeness (QED) is 0.740. The number of carbonyl (C=O) groups excluding carboxylic acids is 2. The van der Waals surface area contributed by atoms with Crippen LogP contribution in [0.5, 0.6) is 0 Å². The summed E-state index contributed by atoms with van der Waals surface area (Å²) < 4.78 is 10.6. The van der Waals surface area contributed by atoms with E-state index in [0.717, 1.165) is 5.56 Å². The highest BCUT2D eigenvalue weighted by atomic mass is 16.4. The monoisotopic (exact) mass is 295 g/mol. The molecule has 22 heavy (non-hydrogen) atoms. The van der Waals surface area contributed by atoms with E-state index in [2.05, 4.69) is 5.32 Å². The van der Waals surface area contributed by atoms with E-state index in [4.69, 9.17) is 8.83 Å². The fourth-order valence-electron chi connectivity index (χ4n) is 2.04. The van der Waals surface area contributed by atoms with Crippen LogP contribution in [0.1, 0.15) is 26.9 Å². The average Bonchev–Trinajstić information content (AvgIpc) is 3.17. The van der Waals surface area contributed by atoms with Gasteiger partial charge in [-0.3, -0.25) is 9.59 Å². The average molecular weight is 295 g/mol. The number of amides is 1. The molecule has 0 bridgehead atoms. The molecule has 2 heterocycles. The van der Waals surface area contributed by atoms with Crippen LogP contribution in [0.3, 0.4) is 0 Å². The number of carbonyl (C=O) groups is 2. The summed E-state index contributed by atoms with van der Waals surface area (Å²) >= 11 is 0. The molecule has 1 aromatic carbocycles. The van der Waals surface area contributed by atoms with E-state index in [1.807, 2.05) is 0 Å². The molecule has 0 saturated carbocycles. The van der Waals surface area contributed by atoms with E-state index in [0.29, 0.717) is 23.5 Å². The number of benzene rings is 1. The topological polar surface area (TPSA) is 72.5 Å². The number of hydrogen-bond acceptors (Lipinski definition) is 4. The molecule has 0 saturated heterocycles. The Labute approximate surface area is 126 Å². The van der Waals surface area contributed by atoms with Gasteiger partial charge in [-0.05, 0) is 55.5 Å². The van der Waals surface area contributed by atoms with Gasteiger partial charge in [-0.1, -0.05) is 0 Å². The van der Waals surface area contributed by atoms with E-state index in [9.17, 15) is 9.59 Å².